The second-order valence-corrected chi connectivity index (χ2v) is 6.01. The van der Waals surface area contributed by atoms with Crippen molar-refractivity contribution in [2.24, 2.45) is 5.92 Å². The van der Waals surface area contributed by atoms with Gasteiger partial charge in [-0.05, 0) is 51.1 Å². The van der Waals surface area contributed by atoms with E-state index < -0.39 is 0 Å². The Labute approximate surface area is 117 Å². The van der Waals surface area contributed by atoms with E-state index in [1.54, 1.807) is 0 Å². The summed E-state index contributed by atoms with van der Waals surface area (Å²) in [4.78, 5) is 2.21. The molecule has 0 spiro atoms. The van der Waals surface area contributed by atoms with Gasteiger partial charge in [-0.15, -0.1) is 0 Å². The van der Waals surface area contributed by atoms with Gasteiger partial charge in [-0.1, -0.05) is 26.0 Å². The molecule has 0 aliphatic carbocycles. The van der Waals surface area contributed by atoms with Crippen LogP contribution in [-0.4, -0.2) is 37.6 Å². The molecule has 0 heterocycles. The van der Waals surface area contributed by atoms with Gasteiger partial charge in [-0.25, -0.2) is 4.39 Å². The predicted octanol–water partition coefficient (Wildman–Crippen LogP) is 2.93. The van der Waals surface area contributed by atoms with Gasteiger partial charge in [-0.2, -0.15) is 0 Å². The first kappa shape index (κ1) is 16.1. The molecule has 2 atom stereocenters. The first-order valence-electron chi connectivity index (χ1n) is 7.03. The normalized spacial score (nSPS) is 14.9. The van der Waals surface area contributed by atoms with Crippen LogP contribution in [-0.2, 0) is 6.42 Å². The lowest BCUT2D eigenvalue weighted by Gasteiger charge is -2.29. The summed E-state index contributed by atoms with van der Waals surface area (Å²) in [5.74, 6) is 0.426. The van der Waals surface area contributed by atoms with E-state index in [0.717, 1.165) is 13.0 Å². The second-order valence-electron chi connectivity index (χ2n) is 6.01. The number of halogens is 1. The van der Waals surface area contributed by atoms with Gasteiger partial charge in [-0.3, -0.25) is 0 Å². The van der Waals surface area contributed by atoms with Gasteiger partial charge in [0.15, 0.2) is 0 Å². The molecule has 2 nitrogen and oxygen atoms in total. The summed E-state index contributed by atoms with van der Waals surface area (Å²) in [5.41, 5.74) is 1.17. The molecule has 0 saturated heterocycles. The Bertz CT molecular complexity index is 360. The van der Waals surface area contributed by atoms with Gasteiger partial charge in [0, 0.05) is 18.6 Å². The Kier molecular flexibility index (Phi) is 6.46. The Morgan fingerprint density at radius 2 is 1.68 bits per heavy atom. The van der Waals surface area contributed by atoms with Crippen molar-refractivity contribution in [2.75, 3.05) is 20.6 Å². The molecule has 1 aromatic carbocycles. The molecular formula is C16H27FN2. The molecule has 0 aliphatic rings. The van der Waals surface area contributed by atoms with Crippen molar-refractivity contribution in [3.63, 3.8) is 0 Å². The molecule has 0 saturated carbocycles. The molecule has 0 bridgehead atoms. The fraction of sp³-hybridized carbons (Fsp3) is 0.625. The van der Waals surface area contributed by atoms with Gasteiger partial charge in [0.1, 0.15) is 5.82 Å². The lowest BCUT2D eigenvalue weighted by molar-refractivity contribution is 0.272. The van der Waals surface area contributed by atoms with Crippen LogP contribution in [0.25, 0.3) is 0 Å². The van der Waals surface area contributed by atoms with Crippen molar-refractivity contribution < 1.29 is 4.39 Å². The molecular weight excluding hydrogens is 239 g/mol. The maximum Gasteiger partial charge on any atom is 0.123 e. The number of hydrogen-bond acceptors (Lipinski definition) is 2. The maximum absolute atomic E-state index is 12.9. The van der Waals surface area contributed by atoms with Crippen molar-refractivity contribution in [1.82, 2.24) is 10.2 Å². The zero-order valence-electron chi connectivity index (χ0n) is 12.8. The molecule has 0 amide bonds. The van der Waals surface area contributed by atoms with Crippen molar-refractivity contribution in [3.05, 3.63) is 35.6 Å². The van der Waals surface area contributed by atoms with Crippen LogP contribution in [0.4, 0.5) is 4.39 Å². The van der Waals surface area contributed by atoms with Crippen LogP contribution in [0.1, 0.15) is 26.3 Å². The standard InChI is InChI=1S/C16H27FN2/c1-12(2)16(11-19(4)5)18-13(3)10-14-6-8-15(17)9-7-14/h6-9,12-13,16,18H,10-11H2,1-5H3. The first-order valence-corrected chi connectivity index (χ1v) is 7.03. The average molecular weight is 266 g/mol. The van der Waals surface area contributed by atoms with Crippen LogP contribution in [0.2, 0.25) is 0 Å². The summed E-state index contributed by atoms with van der Waals surface area (Å²) < 4.78 is 12.9. The molecule has 2 unspecified atom stereocenters. The zero-order valence-corrected chi connectivity index (χ0v) is 12.8. The predicted molar refractivity (Wildman–Crippen MR) is 79.9 cm³/mol. The van der Waals surface area contributed by atoms with Crippen LogP contribution in [0.3, 0.4) is 0 Å². The Hall–Kier alpha value is -0.930. The van der Waals surface area contributed by atoms with Gasteiger partial charge < -0.3 is 10.2 Å². The van der Waals surface area contributed by atoms with Crippen LogP contribution >= 0.6 is 0 Å². The highest BCUT2D eigenvalue weighted by atomic mass is 19.1. The van der Waals surface area contributed by atoms with E-state index in [9.17, 15) is 4.39 Å². The smallest absolute Gasteiger partial charge is 0.123 e. The third-order valence-electron chi connectivity index (χ3n) is 3.32. The van der Waals surface area contributed by atoms with Crippen LogP contribution in [0.15, 0.2) is 24.3 Å². The van der Waals surface area contributed by atoms with Gasteiger partial charge in [0.05, 0.1) is 0 Å². The number of likely N-dealkylation sites (N-methyl/N-ethyl adjacent to an activating group) is 1. The summed E-state index contributed by atoms with van der Waals surface area (Å²) in [6.07, 6.45) is 0.928. The van der Waals surface area contributed by atoms with E-state index in [2.05, 4.69) is 45.1 Å². The summed E-state index contributed by atoms with van der Waals surface area (Å²) in [6, 6.07) is 7.65. The minimum Gasteiger partial charge on any atom is -0.310 e. The summed E-state index contributed by atoms with van der Waals surface area (Å²) in [6.45, 7) is 7.71. The second kappa shape index (κ2) is 7.61. The summed E-state index contributed by atoms with van der Waals surface area (Å²) >= 11 is 0. The lowest BCUT2D eigenvalue weighted by atomic mass is 10.0. The largest absolute Gasteiger partial charge is 0.310 e. The number of nitrogens with zero attached hydrogens (tertiary/aromatic N) is 1. The molecule has 0 aliphatic heterocycles. The molecule has 1 aromatic rings. The minimum absolute atomic E-state index is 0.169. The van der Waals surface area contributed by atoms with E-state index in [0.29, 0.717) is 18.0 Å². The fourth-order valence-corrected chi connectivity index (χ4v) is 2.25. The SMILES string of the molecule is CC(Cc1ccc(F)cc1)NC(CN(C)C)C(C)C. The van der Waals surface area contributed by atoms with Gasteiger partial charge in [0.25, 0.3) is 0 Å². The Balaban J connectivity index is 2.52. The van der Waals surface area contributed by atoms with E-state index in [1.165, 1.54) is 17.7 Å². The van der Waals surface area contributed by atoms with Crippen molar-refractivity contribution >= 4 is 0 Å². The highest BCUT2D eigenvalue weighted by molar-refractivity contribution is 5.17. The maximum atomic E-state index is 12.9. The number of hydrogen-bond donors (Lipinski definition) is 1. The van der Waals surface area contributed by atoms with Gasteiger partial charge in [0.2, 0.25) is 0 Å². The third-order valence-corrected chi connectivity index (χ3v) is 3.32. The van der Waals surface area contributed by atoms with E-state index in [4.69, 9.17) is 0 Å². The highest BCUT2D eigenvalue weighted by Gasteiger charge is 2.16. The van der Waals surface area contributed by atoms with Gasteiger partial charge >= 0.3 is 0 Å². The van der Waals surface area contributed by atoms with Crippen LogP contribution < -0.4 is 5.32 Å². The third kappa shape index (κ3) is 6.17. The monoisotopic (exact) mass is 266 g/mol. The molecule has 0 radical (unpaired) electrons. The van der Waals surface area contributed by atoms with Crippen molar-refractivity contribution in [2.45, 2.75) is 39.3 Å². The van der Waals surface area contributed by atoms with Crippen molar-refractivity contribution in [1.29, 1.82) is 0 Å². The number of nitrogens with one attached hydrogen (secondary N) is 1. The summed E-state index contributed by atoms with van der Waals surface area (Å²) in [5, 5.41) is 3.68. The van der Waals surface area contributed by atoms with Crippen LogP contribution in [0, 0.1) is 11.7 Å². The number of rotatable bonds is 7. The van der Waals surface area contributed by atoms with E-state index >= 15 is 0 Å². The quantitative estimate of drug-likeness (QED) is 0.816. The minimum atomic E-state index is -0.169. The topological polar surface area (TPSA) is 15.3 Å². The molecule has 0 aromatic heterocycles. The molecule has 108 valence electrons. The molecule has 19 heavy (non-hydrogen) atoms. The molecule has 3 heteroatoms. The van der Waals surface area contributed by atoms with E-state index in [1.807, 2.05) is 12.1 Å². The average Bonchev–Trinajstić information content (AvgIpc) is 2.30. The van der Waals surface area contributed by atoms with E-state index in [-0.39, 0.29) is 5.82 Å². The first-order chi connectivity index (χ1) is 8.88. The highest BCUT2D eigenvalue weighted by Crippen LogP contribution is 2.09. The number of benzene rings is 1. The summed E-state index contributed by atoms with van der Waals surface area (Å²) in [7, 11) is 4.20. The Morgan fingerprint density at radius 1 is 1.11 bits per heavy atom. The van der Waals surface area contributed by atoms with Crippen LogP contribution in [0.5, 0.6) is 0 Å². The Morgan fingerprint density at radius 3 is 2.16 bits per heavy atom. The fourth-order valence-electron chi connectivity index (χ4n) is 2.25. The van der Waals surface area contributed by atoms with Crippen molar-refractivity contribution in [3.8, 4) is 0 Å². The molecule has 1 rings (SSSR count). The molecule has 1 N–H and O–H groups in total. The molecule has 0 fully saturated rings. The lowest BCUT2D eigenvalue weighted by Crippen LogP contribution is -2.46. The zero-order chi connectivity index (χ0) is 14.4.